The maximum Gasteiger partial charge on any atom is 0.131 e. The van der Waals surface area contributed by atoms with E-state index in [2.05, 4.69) is 20.3 Å². The summed E-state index contributed by atoms with van der Waals surface area (Å²) in [5.74, 6) is 0. The third-order valence-corrected chi connectivity index (χ3v) is 3.08. The van der Waals surface area contributed by atoms with E-state index in [0.717, 1.165) is 22.3 Å². The molecule has 0 aliphatic rings. The number of nitrogen functional groups attached to an aromatic ring is 1. The Balaban J connectivity index is 1.79. The van der Waals surface area contributed by atoms with E-state index < -0.39 is 0 Å². The Morgan fingerprint density at radius 3 is 3.05 bits per heavy atom. The van der Waals surface area contributed by atoms with Crippen LogP contribution in [0, 0.1) is 0 Å². The Kier molecular flexibility index (Phi) is 2.97. The Labute approximate surface area is 114 Å². The predicted octanol–water partition coefficient (Wildman–Crippen LogP) is 2.81. The van der Waals surface area contributed by atoms with Crippen molar-refractivity contribution in [3.05, 3.63) is 47.5 Å². The van der Waals surface area contributed by atoms with Gasteiger partial charge in [-0.25, -0.2) is 9.97 Å². The van der Waals surface area contributed by atoms with E-state index >= 15 is 0 Å². The lowest BCUT2D eigenvalue weighted by molar-refractivity contribution is 1.15. The molecule has 1 aromatic carbocycles. The fourth-order valence-electron chi connectivity index (χ4n) is 1.88. The van der Waals surface area contributed by atoms with Crippen molar-refractivity contribution in [3.63, 3.8) is 0 Å². The quantitative estimate of drug-likeness (QED) is 0.641. The van der Waals surface area contributed by atoms with Crippen LogP contribution < -0.4 is 11.1 Å². The number of pyridine rings is 1. The summed E-state index contributed by atoms with van der Waals surface area (Å²) in [7, 11) is 0. The molecule has 3 rings (SSSR count). The van der Waals surface area contributed by atoms with E-state index in [1.165, 1.54) is 0 Å². The Morgan fingerprint density at radius 2 is 2.16 bits per heavy atom. The molecular weight excluding hydrogens is 262 g/mol. The molecule has 5 nitrogen and oxygen atoms in total. The number of hydrogen-bond acceptors (Lipinski definition) is 4. The lowest BCUT2D eigenvalue weighted by Crippen LogP contribution is -2.03. The minimum atomic E-state index is 0.416. The van der Waals surface area contributed by atoms with Crippen molar-refractivity contribution in [2.45, 2.75) is 6.54 Å². The number of benzene rings is 1. The molecule has 19 heavy (non-hydrogen) atoms. The Bertz CT molecular complexity index is 722. The van der Waals surface area contributed by atoms with Gasteiger partial charge in [-0.1, -0.05) is 17.7 Å². The molecule has 0 atom stereocenters. The van der Waals surface area contributed by atoms with Crippen molar-refractivity contribution in [1.82, 2.24) is 15.0 Å². The summed E-state index contributed by atoms with van der Waals surface area (Å²) in [6.45, 7) is 0.646. The molecule has 2 aromatic heterocycles. The second-order valence-corrected chi connectivity index (χ2v) is 4.59. The van der Waals surface area contributed by atoms with E-state index in [-0.39, 0.29) is 0 Å². The molecule has 0 saturated heterocycles. The number of hydrogen-bond donors (Lipinski definition) is 3. The predicted molar refractivity (Wildman–Crippen MR) is 77.1 cm³/mol. The average molecular weight is 274 g/mol. The number of rotatable bonds is 3. The third-order valence-electron chi connectivity index (χ3n) is 2.87. The monoisotopic (exact) mass is 273 g/mol. The Morgan fingerprint density at radius 1 is 1.26 bits per heavy atom. The van der Waals surface area contributed by atoms with Crippen LogP contribution in [0.5, 0.6) is 0 Å². The summed E-state index contributed by atoms with van der Waals surface area (Å²) < 4.78 is 0. The van der Waals surface area contributed by atoms with Gasteiger partial charge in [0.25, 0.3) is 0 Å². The topological polar surface area (TPSA) is 79.6 Å². The third kappa shape index (κ3) is 2.46. The molecule has 0 spiro atoms. The highest BCUT2D eigenvalue weighted by Crippen LogP contribution is 2.21. The molecule has 0 amide bonds. The van der Waals surface area contributed by atoms with Crippen LogP contribution in [-0.2, 0) is 6.54 Å². The van der Waals surface area contributed by atoms with Crippen LogP contribution in [0.15, 0.2) is 36.8 Å². The number of fused-ring (bicyclic) bond motifs is 1. The average Bonchev–Trinajstić information content (AvgIpc) is 2.87. The van der Waals surface area contributed by atoms with Crippen molar-refractivity contribution in [3.8, 4) is 0 Å². The van der Waals surface area contributed by atoms with E-state index in [0.29, 0.717) is 17.4 Å². The van der Waals surface area contributed by atoms with Crippen LogP contribution in [0.2, 0.25) is 5.15 Å². The standard InChI is InChI=1S/C13H12ClN5/c14-13-4-11(9(15)6-17-13)16-5-8-1-2-10-12(3-8)19-7-18-10/h1-4,6-7H,5,15H2,(H,16,17)(H,18,19). The van der Waals surface area contributed by atoms with Gasteiger partial charge in [0, 0.05) is 12.6 Å². The van der Waals surface area contributed by atoms with Gasteiger partial charge in [0.05, 0.1) is 34.9 Å². The van der Waals surface area contributed by atoms with Gasteiger partial charge in [-0.2, -0.15) is 0 Å². The van der Waals surface area contributed by atoms with Crippen LogP contribution in [0.25, 0.3) is 11.0 Å². The van der Waals surface area contributed by atoms with Gasteiger partial charge in [-0.3, -0.25) is 0 Å². The van der Waals surface area contributed by atoms with Gasteiger partial charge in [0.15, 0.2) is 0 Å². The number of nitrogens with two attached hydrogens (primary N) is 1. The largest absolute Gasteiger partial charge is 0.396 e. The first-order valence-electron chi connectivity index (χ1n) is 5.79. The zero-order valence-electron chi connectivity index (χ0n) is 10.0. The molecule has 0 unspecified atom stereocenters. The molecule has 0 radical (unpaired) electrons. The second kappa shape index (κ2) is 4.78. The highest BCUT2D eigenvalue weighted by atomic mass is 35.5. The first kappa shape index (κ1) is 11.8. The van der Waals surface area contributed by atoms with E-state index in [9.17, 15) is 0 Å². The lowest BCUT2D eigenvalue weighted by Gasteiger charge is -2.09. The summed E-state index contributed by atoms with van der Waals surface area (Å²) >= 11 is 5.84. The van der Waals surface area contributed by atoms with E-state index in [1.54, 1.807) is 18.6 Å². The van der Waals surface area contributed by atoms with Crippen molar-refractivity contribution in [2.24, 2.45) is 0 Å². The molecular formula is C13H12ClN5. The first-order chi connectivity index (χ1) is 9.22. The fourth-order valence-corrected chi connectivity index (χ4v) is 2.04. The summed E-state index contributed by atoms with van der Waals surface area (Å²) in [6, 6.07) is 7.77. The minimum Gasteiger partial charge on any atom is -0.396 e. The van der Waals surface area contributed by atoms with Crippen LogP contribution in [0.3, 0.4) is 0 Å². The molecule has 4 N–H and O–H groups in total. The number of halogens is 1. The fraction of sp³-hybridized carbons (Fsp3) is 0.0769. The minimum absolute atomic E-state index is 0.416. The molecule has 6 heteroatoms. The molecule has 0 aliphatic carbocycles. The second-order valence-electron chi connectivity index (χ2n) is 4.20. The highest BCUT2D eigenvalue weighted by Gasteiger charge is 2.02. The zero-order valence-corrected chi connectivity index (χ0v) is 10.8. The first-order valence-corrected chi connectivity index (χ1v) is 6.17. The van der Waals surface area contributed by atoms with E-state index in [1.807, 2.05) is 18.2 Å². The molecule has 0 saturated carbocycles. The van der Waals surface area contributed by atoms with Gasteiger partial charge in [0.1, 0.15) is 5.15 Å². The molecule has 2 heterocycles. The molecule has 0 bridgehead atoms. The summed E-state index contributed by atoms with van der Waals surface area (Å²) in [5, 5.41) is 3.66. The highest BCUT2D eigenvalue weighted by molar-refractivity contribution is 6.29. The molecule has 3 aromatic rings. The molecule has 96 valence electrons. The number of aromatic amines is 1. The van der Waals surface area contributed by atoms with Gasteiger partial charge in [-0.15, -0.1) is 0 Å². The van der Waals surface area contributed by atoms with Crippen LogP contribution >= 0.6 is 11.6 Å². The molecule has 0 aliphatic heterocycles. The van der Waals surface area contributed by atoms with Crippen molar-refractivity contribution in [2.75, 3.05) is 11.1 Å². The van der Waals surface area contributed by atoms with Crippen LogP contribution in [-0.4, -0.2) is 15.0 Å². The van der Waals surface area contributed by atoms with E-state index in [4.69, 9.17) is 17.3 Å². The molecule has 0 fully saturated rings. The van der Waals surface area contributed by atoms with Crippen LogP contribution in [0.4, 0.5) is 11.4 Å². The van der Waals surface area contributed by atoms with Crippen molar-refractivity contribution < 1.29 is 0 Å². The number of aromatic nitrogens is 3. The maximum absolute atomic E-state index is 5.84. The number of H-pyrrole nitrogens is 1. The number of anilines is 2. The van der Waals surface area contributed by atoms with Crippen LogP contribution in [0.1, 0.15) is 5.56 Å². The Hall–Kier alpha value is -2.27. The number of imidazole rings is 1. The van der Waals surface area contributed by atoms with Gasteiger partial charge in [0.2, 0.25) is 0 Å². The number of nitrogens with zero attached hydrogens (tertiary/aromatic N) is 2. The maximum atomic E-state index is 5.84. The van der Waals surface area contributed by atoms with Gasteiger partial charge >= 0.3 is 0 Å². The smallest absolute Gasteiger partial charge is 0.131 e. The van der Waals surface area contributed by atoms with Gasteiger partial charge in [-0.05, 0) is 17.7 Å². The van der Waals surface area contributed by atoms with Gasteiger partial charge < -0.3 is 16.0 Å². The SMILES string of the molecule is Nc1cnc(Cl)cc1NCc1ccc2[nH]cnc2c1. The van der Waals surface area contributed by atoms with Crippen molar-refractivity contribution in [1.29, 1.82) is 0 Å². The zero-order chi connectivity index (χ0) is 13.2. The lowest BCUT2D eigenvalue weighted by atomic mass is 10.2. The normalized spacial score (nSPS) is 10.8. The number of nitrogens with one attached hydrogen (secondary N) is 2. The van der Waals surface area contributed by atoms with Crippen molar-refractivity contribution >= 4 is 34.0 Å². The summed E-state index contributed by atoms with van der Waals surface area (Å²) in [4.78, 5) is 11.2. The summed E-state index contributed by atoms with van der Waals surface area (Å²) in [5.41, 5.74) is 10.3. The summed E-state index contributed by atoms with van der Waals surface area (Å²) in [6.07, 6.45) is 3.23.